The lowest BCUT2D eigenvalue weighted by atomic mass is 9.80. The van der Waals surface area contributed by atoms with Gasteiger partial charge in [-0.15, -0.1) is 0 Å². The molecule has 3 heterocycles. The standard InChI is InChI=1S/C19H23N5O2/c1-3-16(25)23-9-15-10-24(17(26)14-7-5-4-6-8-14)12-19(15,11-23)18-20-13(2)21-22-18/h4-8,15H,3,9-12H2,1-2H3,(H,20,21,22)/t15-,19-/m0/s1. The number of likely N-dealkylation sites (tertiary alicyclic amines) is 2. The van der Waals surface area contributed by atoms with Crippen molar-refractivity contribution in [1.29, 1.82) is 0 Å². The number of amides is 2. The Morgan fingerprint density at radius 2 is 1.88 bits per heavy atom. The quantitative estimate of drug-likeness (QED) is 0.904. The Kier molecular flexibility index (Phi) is 4.01. The van der Waals surface area contributed by atoms with Gasteiger partial charge in [-0.3, -0.25) is 14.7 Å². The smallest absolute Gasteiger partial charge is 0.253 e. The first-order valence-corrected chi connectivity index (χ1v) is 9.05. The zero-order chi connectivity index (χ0) is 18.3. The maximum Gasteiger partial charge on any atom is 0.253 e. The molecule has 2 fully saturated rings. The second kappa shape index (κ2) is 6.23. The van der Waals surface area contributed by atoms with Crippen molar-refractivity contribution in [1.82, 2.24) is 25.0 Å². The highest BCUT2D eigenvalue weighted by atomic mass is 16.2. The third-order valence-corrected chi connectivity index (χ3v) is 5.61. The fraction of sp³-hybridized carbons (Fsp3) is 0.474. The molecule has 4 rings (SSSR count). The van der Waals surface area contributed by atoms with Crippen molar-refractivity contribution < 1.29 is 9.59 Å². The molecule has 2 aromatic rings. The van der Waals surface area contributed by atoms with Crippen molar-refractivity contribution >= 4 is 11.8 Å². The summed E-state index contributed by atoms with van der Waals surface area (Å²) in [6.45, 7) is 6.13. The average molecular weight is 353 g/mol. The molecular weight excluding hydrogens is 330 g/mol. The average Bonchev–Trinajstić information content (AvgIpc) is 3.33. The normalized spacial score (nSPS) is 24.8. The van der Waals surface area contributed by atoms with E-state index in [1.54, 1.807) is 0 Å². The lowest BCUT2D eigenvalue weighted by Crippen LogP contribution is -2.41. The minimum absolute atomic E-state index is 0.0278. The number of aromatic nitrogens is 3. The second-order valence-corrected chi connectivity index (χ2v) is 7.28. The number of nitrogens with one attached hydrogen (secondary N) is 1. The molecule has 0 spiro atoms. The molecule has 2 atom stereocenters. The summed E-state index contributed by atoms with van der Waals surface area (Å²) in [5.41, 5.74) is 0.301. The predicted molar refractivity (Wildman–Crippen MR) is 95.5 cm³/mol. The van der Waals surface area contributed by atoms with Gasteiger partial charge in [-0.05, 0) is 19.1 Å². The number of hydrogen-bond donors (Lipinski definition) is 1. The molecule has 2 amide bonds. The summed E-state index contributed by atoms with van der Waals surface area (Å²) in [6.07, 6.45) is 0.489. The molecule has 136 valence electrons. The Balaban J connectivity index is 1.65. The molecule has 7 nitrogen and oxygen atoms in total. The summed E-state index contributed by atoms with van der Waals surface area (Å²) in [4.78, 5) is 33.5. The molecule has 2 aliphatic heterocycles. The van der Waals surface area contributed by atoms with E-state index in [-0.39, 0.29) is 23.1 Å². The van der Waals surface area contributed by atoms with Crippen LogP contribution < -0.4 is 0 Å². The third-order valence-electron chi connectivity index (χ3n) is 5.61. The maximum atomic E-state index is 12.9. The Hall–Kier alpha value is -2.70. The molecule has 0 saturated carbocycles. The van der Waals surface area contributed by atoms with Gasteiger partial charge in [0, 0.05) is 44.1 Å². The van der Waals surface area contributed by atoms with Crippen LogP contribution in [0.1, 0.15) is 35.4 Å². The van der Waals surface area contributed by atoms with E-state index < -0.39 is 0 Å². The summed E-state index contributed by atoms with van der Waals surface area (Å²) < 4.78 is 0. The zero-order valence-electron chi connectivity index (χ0n) is 15.1. The van der Waals surface area contributed by atoms with Gasteiger partial charge in [0.05, 0.1) is 5.41 Å². The number of hydrogen-bond acceptors (Lipinski definition) is 4. The largest absolute Gasteiger partial charge is 0.341 e. The fourth-order valence-electron chi connectivity index (χ4n) is 4.28. The molecule has 0 unspecified atom stereocenters. The highest BCUT2D eigenvalue weighted by molar-refractivity contribution is 5.94. The molecule has 26 heavy (non-hydrogen) atoms. The van der Waals surface area contributed by atoms with Crippen molar-refractivity contribution in [2.24, 2.45) is 5.92 Å². The van der Waals surface area contributed by atoms with E-state index >= 15 is 0 Å². The topological polar surface area (TPSA) is 82.2 Å². The molecule has 2 aliphatic rings. The zero-order valence-corrected chi connectivity index (χ0v) is 15.1. The highest BCUT2D eigenvalue weighted by Gasteiger charge is 2.57. The number of carbonyl (C=O) groups excluding carboxylic acids is 2. The molecule has 0 aliphatic carbocycles. The van der Waals surface area contributed by atoms with E-state index in [4.69, 9.17) is 0 Å². The van der Waals surface area contributed by atoms with Crippen molar-refractivity contribution in [3.63, 3.8) is 0 Å². The number of carbonyl (C=O) groups is 2. The number of nitrogens with zero attached hydrogens (tertiary/aromatic N) is 4. The number of fused-ring (bicyclic) bond motifs is 1. The van der Waals surface area contributed by atoms with Gasteiger partial charge in [-0.25, -0.2) is 4.98 Å². The van der Waals surface area contributed by atoms with Gasteiger partial charge in [-0.1, -0.05) is 25.1 Å². The Bertz CT molecular complexity index is 833. The van der Waals surface area contributed by atoms with Gasteiger partial charge in [0.15, 0.2) is 5.82 Å². The van der Waals surface area contributed by atoms with Crippen LogP contribution in [-0.4, -0.2) is 63.0 Å². The molecular formula is C19H23N5O2. The number of rotatable bonds is 3. The summed E-state index contributed by atoms with van der Waals surface area (Å²) in [5, 5.41) is 7.32. The van der Waals surface area contributed by atoms with Crippen molar-refractivity contribution in [2.45, 2.75) is 25.7 Å². The molecule has 1 aromatic heterocycles. The SMILES string of the molecule is CCC(=O)N1C[C@H]2CN(C(=O)c3ccccc3)C[C@@]2(c2n[nH]c(C)n2)C1. The van der Waals surface area contributed by atoms with Gasteiger partial charge < -0.3 is 9.80 Å². The molecule has 0 radical (unpaired) electrons. The molecule has 0 bridgehead atoms. The predicted octanol–water partition coefficient (Wildman–Crippen LogP) is 1.38. The fourth-order valence-corrected chi connectivity index (χ4v) is 4.28. The maximum absolute atomic E-state index is 12.9. The van der Waals surface area contributed by atoms with E-state index in [0.29, 0.717) is 38.2 Å². The van der Waals surface area contributed by atoms with Crippen LogP contribution in [0.4, 0.5) is 0 Å². The first-order chi connectivity index (χ1) is 12.5. The lowest BCUT2D eigenvalue weighted by Gasteiger charge is -2.26. The number of benzene rings is 1. The van der Waals surface area contributed by atoms with Gasteiger partial charge >= 0.3 is 0 Å². The monoisotopic (exact) mass is 353 g/mol. The highest BCUT2D eigenvalue weighted by Crippen LogP contribution is 2.44. The van der Waals surface area contributed by atoms with Crippen molar-refractivity contribution in [3.05, 3.63) is 47.5 Å². The van der Waals surface area contributed by atoms with Crippen LogP contribution >= 0.6 is 0 Å². The second-order valence-electron chi connectivity index (χ2n) is 7.28. The minimum Gasteiger partial charge on any atom is -0.341 e. The Labute approximate surface area is 152 Å². The first kappa shape index (κ1) is 16.8. The Morgan fingerprint density at radius 3 is 2.54 bits per heavy atom. The van der Waals surface area contributed by atoms with Gasteiger partial charge in [0.1, 0.15) is 5.82 Å². The lowest BCUT2D eigenvalue weighted by molar-refractivity contribution is -0.130. The number of H-pyrrole nitrogens is 1. The van der Waals surface area contributed by atoms with Gasteiger partial charge in [-0.2, -0.15) is 5.10 Å². The van der Waals surface area contributed by atoms with Crippen LogP contribution in [0.2, 0.25) is 0 Å². The summed E-state index contributed by atoms with van der Waals surface area (Å²) in [7, 11) is 0. The van der Waals surface area contributed by atoms with Gasteiger partial charge in [0.25, 0.3) is 5.91 Å². The van der Waals surface area contributed by atoms with E-state index in [9.17, 15) is 9.59 Å². The van der Waals surface area contributed by atoms with E-state index in [0.717, 1.165) is 11.6 Å². The molecule has 2 saturated heterocycles. The van der Waals surface area contributed by atoms with Crippen LogP contribution in [0.15, 0.2) is 30.3 Å². The van der Waals surface area contributed by atoms with Crippen LogP contribution in [-0.2, 0) is 10.2 Å². The van der Waals surface area contributed by atoms with Crippen LogP contribution in [0, 0.1) is 12.8 Å². The summed E-state index contributed by atoms with van der Waals surface area (Å²) >= 11 is 0. The van der Waals surface area contributed by atoms with Crippen molar-refractivity contribution in [3.8, 4) is 0 Å². The first-order valence-electron chi connectivity index (χ1n) is 9.05. The molecule has 1 N–H and O–H groups in total. The Morgan fingerprint density at radius 1 is 1.19 bits per heavy atom. The van der Waals surface area contributed by atoms with Crippen LogP contribution in [0.25, 0.3) is 0 Å². The van der Waals surface area contributed by atoms with Crippen molar-refractivity contribution in [2.75, 3.05) is 26.2 Å². The summed E-state index contributed by atoms with van der Waals surface area (Å²) in [5.74, 6) is 1.80. The number of aryl methyl sites for hydroxylation is 1. The van der Waals surface area contributed by atoms with Gasteiger partial charge in [0.2, 0.25) is 5.91 Å². The van der Waals surface area contributed by atoms with Crippen LogP contribution in [0.5, 0.6) is 0 Å². The van der Waals surface area contributed by atoms with Crippen LogP contribution in [0.3, 0.4) is 0 Å². The van der Waals surface area contributed by atoms with E-state index in [1.165, 1.54) is 0 Å². The molecule has 1 aromatic carbocycles. The van der Waals surface area contributed by atoms with E-state index in [1.807, 2.05) is 54.0 Å². The third kappa shape index (κ3) is 2.58. The van der Waals surface area contributed by atoms with E-state index in [2.05, 4.69) is 15.2 Å². The molecule has 7 heteroatoms. The summed E-state index contributed by atoms with van der Waals surface area (Å²) in [6, 6.07) is 9.34. The number of aromatic amines is 1. The minimum atomic E-state index is -0.389.